The fourth-order valence-electron chi connectivity index (χ4n) is 2.11. The summed E-state index contributed by atoms with van der Waals surface area (Å²) < 4.78 is 1.78. The second-order valence-corrected chi connectivity index (χ2v) is 7.07. The van der Waals surface area contributed by atoms with Gasteiger partial charge in [0.1, 0.15) is 5.56 Å². The number of hydrogen-bond donors (Lipinski definition) is 2. The normalized spacial score (nSPS) is 11.3. The number of aromatic amines is 1. The van der Waals surface area contributed by atoms with Crippen molar-refractivity contribution in [2.45, 2.75) is 4.34 Å². The van der Waals surface area contributed by atoms with E-state index >= 15 is 0 Å². The van der Waals surface area contributed by atoms with Crippen LogP contribution >= 0.6 is 23.1 Å². The molecule has 0 aliphatic rings. The van der Waals surface area contributed by atoms with E-state index in [-0.39, 0.29) is 5.56 Å². The maximum Gasteiger partial charge on any atom is 0.330 e. The van der Waals surface area contributed by atoms with Gasteiger partial charge in [-0.05, 0) is 11.8 Å². The summed E-state index contributed by atoms with van der Waals surface area (Å²) in [5, 5.41) is 10.0. The van der Waals surface area contributed by atoms with Gasteiger partial charge in [-0.3, -0.25) is 14.3 Å². The zero-order chi connectivity index (χ0) is 18.0. The zero-order valence-corrected chi connectivity index (χ0v) is 15.0. The molecular formula is C16H14N4O3S2. The number of aliphatic imine (C=N–C) groups is 1. The van der Waals surface area contributed by atoms with Gasteiger partial charge in [-0.25, -0.2) is 14.8 Å². The van der Waals surface area contributed by atoms with Gasteiger partial charge in [0, 0.05) is 13.3 Å². The Labute approximate surface area is 150 Å². The first-order chi connectivity index (χ1) is 12.0. The third-order valence-corrected chi connectivity index (χ3v) is 5.52. The molecule has 9 heteroatoms. The van der Waals surface area contributed by atoms with E-state index in [1.807, 2.05) is 36.6 Å². The lowest BCUT2D eigenvalue weighted by molar-refractivity contribution is 0.417. The number of nitrogens with one attached hydrogen (secondary N) is 1. The van der Waals surface area contributed by atoms with Crippen LogP contribution < -0.4 is 11.2 Å². The van der Waals surface area contributed by atoms with E-state index in [2.05, 4.69) is 15.0 Å². The molecule has 25 heavy (non-hydrogen) atoms. The lowest BCUT2D eigenvalue weighted by Gasteiger charge is -2.03. The SMILES string of the molecule is CSc1nc(/N=C/c2c(O)n(C)c(=O)[nH]c2=O)c(-c2ccccc2)s1. The Morgan fingerprint density at radius 3 is 2.72 bits per heavy atom. The number of aromatic nitrogens is 3. The number of rotatable bonds is 4. The molecule has 0 saturated carbocycles. The van der Waals surface area contributed by atoms with Crippen molar-refractivity contribution in [3.8, 4) is 16.3 Å². The van der Waals surface area contributed by atoms with Crippen molar-refractivity contribution in [2.24, 2.45) is 12.0 Å². The van der Waals surface area contributed by atoms with Gasteiger partial charge in [0.2, 0.25) is 5.88 Å². The van der Waals surface area contributed by atoms with Crippen molar-refractivity contribution < 1.29 is 5.11 Å². The van der Waals surface area contributed by atoms with E-state index < -0.39 is 17.1 Å². The molecular weight excluding hydrogens is 360 g/mol. The minimum absolute atomic E-state index is 0.0974. The molecule has 0 atom stereocenters. The monoisotopic (exact) mass is 374 g/mol. The average molecular weight is 374 g/mol. The summed E-state index contributed by atoms with van der Waals surface area (Å²) in [6.45, 7) is 0. The first kappa shape index (κ1) is 17.2. The Morgan fingerprint density at radius 2 is 2.04 bits per heavy atom. The predicted molar refractivity (Wildman–Crippen MR) is 101 cm³/mol. The second kappa shape index (κ2) is 7.08. The molecule has 2 N–H and O–H groups in total. The highest BCUT2D eigenvalue weighted by molar-refractivity contribution is 8.00. The van der Waals surface area contributed by atoms with Crippen LogP contribution in [0.2, 0.25) is 0 Å². The lowest BCUT2D eigenvalue weighted by atomic mass is 10.2. The summed E-state index contributed by atoms with van der Waals surface area (Å²) in [6.07, 6.45) is 3.14. The summed E-state index contributed by atoms with van der Waals surface area (Å²) in [4.78, 5) is 35.1. The third-order valence-electron chi connectivity index (χ3n) is 3.44. The smallest absolute Gasteiger partial charge is 0.330 e. The van der Waals surface area contributed by atoms with Crippen LogP contribution in [0.4, 0.5) is 5.82 Å². The highest BCUT2D eigenvalue weighted by Crippen LogP contribution is 2.38. The Hall–Kier alpha value is -2.65. The number of thiazole rings is 1. The van der Waals surface area contributed by atoms with Gasteiger partial charge in [0.15, 0.2) is 10.2 Å². The molecule has 3 rings (SSSR count). The van der Waals surface area contributed by atoms with E-state index in [1.54, 1.807) is 0 Å². The Balaban J connectivity index is 2.09. The average Bonchev–Trinajstić information content (AvgIpc) is 3.04. The maximum atomic E-state index is 11.9. The molecule has 0 aliphatic carbocycles. The number of H-pyrrole nitrogens is 1. The molecule has 0 fully saturated rings. The predicted octanol–water partition coefficient (Wildman–Crippen LogP) is 2.38. The minimum Gasteiger partial charge on any atom is -0.494 e. The standard InChI is InChI=1S/C16H14N4O3S2/c1-20-14(22)10(13(21)19-15(20)23)8-17-12-11(25-16(18-12)24-2)9-6-4-3-5-7-9/h3-8,22H,1-2H3,(H,19,21,23)/b17-8+. The van der Waals surface area contributed by atoms with Gasteiger partial charge < -0.3 is 5.11 Å². The van der Waals surface area contributed by atoms with Crippen LogP contribution in [0.1, 0.15) is 5.56 Å². The van der Waals surface area contributed by atoms with Crippen LogP contribution in [0.5, 0.6) is 5.88 Å². The summed E-state index contributed by atoms with van der Waals surface area (Å²) in [5.41, 5.74) is -0.528. The van der Waals surface area contributed by atoms with E-state index in [9.17, 15) is 14.7 Å². The molecule has 0 aliphatic heterocycles. The van der Waals surface area contributed by atoms with Crippen molar-refractivity contribution in [2.75, 3.05) is 6.26 Å². The van der Waals surface area contributed by atoms with Gasteiger partial charge in [-0.1, -0.05) is 42.1 Å². The van der Waals surface area contributed by atoms with Gasteiger partial charge in [-0.15, -0.1) is 11.3 Å². The van der Waals surface area contributed by atoms with Crippen LogP contribution in [0, 0.1) is 0 Å². The van der Waals surface area contributed by atoms with Crippen LogP contribution in [-0.4, -0.2) is 32.1 Å². The van der Waals surface area contributed by atoms with Gasteiger partial charge in [-0.2, -0.15) is 0 Å². The largest absolute Gasteiger partial charge is 0.494 e. The third kappa shape index (κ3) is 3.42. The molecule has 0 amide bonds. The molecule has 0 spiro atoms. The van der Waals surface area contributed by atoms with E-state index in [0.29, 0.717) is 5.82 Å². The Morgan fingerprint density at radius 1 is 1.32 bits per heavy atom. The number of thioether (sulfide) groups is 1. The first-order valence-electron chi connectivity index (χ1n) is 7.18. The topological polar surface area (TPSA) is 100 Å². The summed E-state index contributed by atoms with van der Waals surface area (Å²) >= 11 is 3.00. The van der Waals surface area contributed by atoms with E-state index in [1.165, 1.54) is 36.4 Å². The van der Waals surface area contributed by atoms with E-state index in [0.717, 1.165) is 19.3 Å². The number of hydrogen-bond acceptors (Lipinski definition) is 7. The van der Waals surface area contributed by atoms with Crippen molar-refractivity contribution in [1.29, 1.82) is 0 Å². The van der Waals surface area contributed by atoms with Crippen LogP contribution in [0.25, 0.3) is 10.4 Å². The molecule has 3 aromatic rings. The van der Waals surface area contributed by atoms with Crippen LogP contribution in [0.15, 0.2) is 49.3 Å². The highest BCUT2D eigenvalue weighted by atomic mass is 32.2. The molecule has 2 aromatic heterocycles. The molecule has 128 valence electrons. The van der Waals surface area contributed by atoms with Gasteiger partial charge in [0.25, 0.3) is 5.56 Å². The van der Waals surface area contributed by atoms with Gasteiger partial charge in [0.05, 0.1) is 4.88 Å². The maximum absolute atomic E-state index is 11.9. The lowest BCUT2D eigenvalue weighted by Crippen LogP contribution is -2.30. The van der Waals surface area contributed by atoms with Gasteiger partial charge >= 0.3 is 5.69 Å². The quantitative estimate of drug-likeness (QED) is 0.539. The number of nitrogens with zero attached hydrogens (tertiary/aromatic N) is 3. The molecule has 0 saturated heterocycles. The molecule has 2 heterocycles. The van der Waals surface area contributed by atoms with E-state index in [4.69, 9.17) is 0 Å². The summed E-state index contributed by atoms with van der Waals surface area (Å²) in [5.74, 6) is 0.00674. The van der Waals surface area contributed by atoms with Crippen molar-refractivity contribution in [3.63, 3.8) is 0 Å². The summed E-state index contributed by atoms with van der Waals surface area (Å²) in [6, 6.07) is 9.67. The molecule has 1 aromatic carbocycles. The zero-order valence-electron chi connectivity index (χ0n) is 13.4. The fraction of sp³-hybridized carbons (Fsp3) is 0.125. The Kier molecular flexibility index (Phi) is 4.86. The van der Waals surface area contributed by atoms with Crippen molar-refractivity contribution in [3.05, 3.63) is 56.7 Å². The molecule has 0 bridgehead atoms. The van der Waals surface area contributed by atoms with Crippen LogP contribution in [0.3, 0.4) is 0 Å². The fourth-order valence-corrected chi connectivity index (χ4v) is 3.63. The first-order valence-corrected chi connectivity index (χ1v) is 9.22. The molecule has 0 radical (unpaired) electrons. The number of aromatic hydroxyl groups is 1. The molecule has 7 nitrogen and oxygen atoms in total. The minimum atomic E-state index is -0.703. The number of benzene rings is 1. The molecule has 0 unspecified atom stereocenters. The van der Waals surface area contributed by atoms with Crippen LogP contribution in [-0.2, 0) is 7.05 Å². The highest BCUT2D eigenvalue weighted by Gasteiger charge is 2.14. The van der Waals surface area contributed by atoms with Crippen molar-refractivity contribution >= 4 is 35.1 Å². The second-order valence-electron chi connectivity index (χ2n) is 5.02. The summed E-state index contributed by atoms with van der Waals surface area (Å²) in [7, 11) is 1.36. The van der Waals surface area contributed by atoms with Crippen molar-refractivity contribution in [1.82, 2.24) is 14.5 Å². The Bertz CT molecular complexity index is 1050.